The summed E-state index contributed by atoms with van der Waals surface area (Å²) in [6, 6.07) is 12.5. The maximum absolute atomic E-state index is 12.4. The molecule has 0 spiro atoms. The smallest absolute Gasteiger partial charge is 0.433 e. The van der Waals surface area contributed by atoms with E-state index in [2.05, 4.69) is 0 Å². The maximum atomic E-state index is 12.4. The van der Waals surface area contributed by atoms with Crippen LogP contribution in [0.1, 0.15) is 24.5 Å². The summed E-state index contributed by atoms with van der Waals surface area (Å²) in [6.45, 7) is 2.50. The van der Waals surface area contributed by atoms with E-state index < -0.39 is 11.9 Å². The third kappa shape index (κ3) is 5.61. The van der Waals surface area contributed by atoms with Crippen LogP contribution in [0.25, 0.3) is 0 Å². The molecule has 0 heterocycles. The predicted octanol–water partition coefficient (Wildman–Crippen LogP) is 4.85. The van der Waals surface area contributed by atoms with Crippen molar-refractivity contribution in [3.8, 4) is 11.5 Å². The molecule has 0 aliphatic rings. The fraction of sp³-hybridized carbons (Fsp3) is 0.263. The molecule has 2 aromatic rings. The third-order valence-electron chi connectivity index (χ3n) is 3.54. The van der Waals surface area contributed by atoms with Crippen molar-refractivity contribution in [3.63, 3.8) is 0 Å². The van der Waals surface area contributed by atoms with Gasteiger partial charge in [-0.05, 0) is 61.0 Å². The Labute approximate surface area is 149 Å². The molecule has 7 heteroatoms. The van der Waals surface area contributed by atoms with Gasteiger partial charge in [0.25, 0.3) is 0 Å². The van der Waals surface area contributed by atoms with Crippen LogP contribution in [-0.2, 0) is 0 Å². The Balaban J connectivity index is 1.73. The molecule has 0 aliphatic heterocycles. The zero-order valence-electron chi connectivity index (χ0n) is 14.2. The Morgan fingerprint density at radius 1 is 0.808 bits per heavy atom. The lowest BCUT2D eigenvalue weighted by molar-refractivity contribution is -0.0587. The van der Waals surface area contributed by atoms with Gasteiger partial charge >= 0.3 is 6.18 Å². The molecule has 0 aliphatic carbocycles. The molecule has 0 bridgehead atoms. The van der Waals surface area contributed by atoms with E-state index in [-0.39, 0.29) is 5.56 Å². The highest BCUT2D eigenvalue weighted by molar-refractivity contribution is 6.02. The van der Waals surface area contributed by atoms with Crippen molar-refractivity contribution in [2.45, 2.75) is 19.5 Å². The molecule has 0 fully saturated rings. The van der Waals surface area contributed by atoms with Crippen molar-refractivity contribution in [1.82, 2.24) is 0 Å². The Hall–Kier alpha value is -2.83. The number of hydrogen-bond acceptors (Lipinski definition) is 4. The molecule has 0 amide bonds. The van der Waals surface area contributed by atoms with Crippen LogP contribution in [-0.4, -0.2) is 30.8 Å². The van der Waals surface area contributed by atoms with Crippen molar-refractivity contribution in [3.05, 3.63) is 59.7 Å². The minimum atomic E-state index is -4.66. The van der Waals surface area contributed by atoms with Gasteiger partial charge in [-0.15, -0.1) is 0 Å². The topological polar surface area (TPSA) is 66.2 Å². The second kappa shape index (κ2) is 8.51. The first-order valence-corrected chi connectivity index (χ1v) is 7.95. The van der Waals surface area contributed by atoms with E-state index in [1.54, 1.807) is 19.1 Å². The second-order valence-electron chi connectivity index (χ2n) is 5.60. The molecule has 4 nitrogen and oxygen atoms in total. The van der Waals surface area contributed by atoms with Gasteiger partial charge in [-0.1, -0.05) is 0 Å². The average molecular weight is 364 g/mol. The molecule has 26 heavy (non-hydrogen) atoms. The van der Waals surface area contributed by atoms with Gasteiger partial charge in [0.15, 0.2) is 0 Å². The number of rotatable bonds is 8. The van der Waals surface area contributed by atoms with Crippen LogP contribution in [0.4, 0.5) is 13.2 Å². The largest absolute Gasteiger partial charge is 0.493 e. The Kier molecular flexibility index (Phi) is 6.38. The zero-order chi connectivity index (χ0) is 19.2. The van der Waals surface area contributed by atoms with E-state index in [0.29, 0.717) is 36.8 Å². The number of benzene rings is 2. The minimum absolute atomic E-state index is 0.197. The van der Waals surface area contributed by atoms with Crippen molar-refractivity contribution in [2.75, 3.05) is 13.2 Å². The Bertz CT molecular complexity index is 754. The monoisotopic (exact) mass is 364 g/mol. The normalized spacial score (nSPS) is 11.1. The van der Waals surface area contributed by atoms with E-state index in [4.69, 9.17) is 20.3 Å². The van der Waals surface area contributed by atoms with Gasteiger partial charge in [0.2, 0.25) is 0 Å². The van der Waals surface area contributed by atoms with E-state index in [0.717, 1.165) is 5.56 Å². The highest BCUT2D eigenvalue weighted by Crippen LogP contribution is 2.23. The third-order valence-corrected chi connectivity index (χ3v) is 3.54. The van der Waals surface area contributed by atoms with E-state index in [9.17, 15) is 13.2 Å². The van der Waals surface area contributed by atoms with Crippen LogP contribution >= 0.6 is 0 Å². The lowest BCUT2D eigenvalue weighted by Gasteiger charge is -2.10. The molecule has 0 atom stereocenters. The highest BCUT2D eigenvalue weighted by Gasteiger charge is 2.35. The predicted molar refractivity (Wildman–Crippen MR) is 93.9 cm³/mol. The summed E-state index contributed by atoms with van der Waals surface area (Å²) in [6.07, 6.45) is -4.05. The van der Waals surface area contributed by atoms with E-state index >= 15 is 0 Å². The van der Waals surface area contributed by atoms with Crippen molar-refractivity contribution in [2.24, 2.45) is 0 Å². The molecule has 0 saturated carbocycles. The lowest BCUT2D eigenvalue weighted by atomic mass is 10.1. The van der Waals surface area contributed by atoms with Gasteiger partial charge in [-0.2, -0.15) is 13.2 Å². The first kappa shape index (κ1) is 19.5. The quantitative estimate of drug-likeness (QED) is 0.519. The fourth-order valence-electron chi connectivity index (χ4n) is 2.12. The van der Waals surface area contributed by atoms with Crippen molar-refractivity contribution in [1.29, 1.82) is 10.8 Å². The van der Waals surface area contributed by atoms with Crippen LogP contribution < -0.4 is 9.47 Å². The summed E-state index contributed by atoms with van der Waals surface area (Å²) in [4.78, 5) is 0. The molecule has 138 valence electrons. The number of halogens is 3. The van der Waals surface area contributed by atoms with Crippen LogP contribution in [0.2, 0.25) is 0 Å². The highest BCUT2D eigenvalue weighted by atomic mass is 19.4. The van der Waals surface area contributed by atoms with Gasteiger partial charge in [0.1, 0.15) is 17.2 Å². The van der Waals surface area contributed by atoms with Gasteiger partial charge in [-0.3, -0.25) is 5.41 Å². The van der Waals surface area contributed by atoms with Crippen LogP contribution in [0.3, 0.4) is 0 Å². The average Bonchev–Trinajstić information content (AvgIpc) is 2.61. The Morgan fingerprint density at radius 2 is 1.23 bits per heavy atom. The van der Waals surface area contributed by atoms with Crippen LogP contribution in [0, 0.1) is 10.8 Å². The Morgan fingerprint density at radius 3 is 1.62 bits per heavy atom. The number of alkyl halides is 3. The first-order valence-electron chi connectivity index (χ1n) is 7.95. The standard InChI is InChI=1S/C19H19F3N2O2/c1-13(23)14-3-7-16(8-4-14)25-11-2-12-26-17-9-5-15(6-10-17)18(24)19(20,21)22/h3-10,23-24H,2,11-12H2,1H3. The summed E-state index contributed by atoms with van der Waals surface area (Å²) in [5.41, 5.74) is -0.248. The number of ether oxygens (including phenoxy) is 2. The summed E-state index contributed by atoms with van der Waals surface area (Å²) in [5, 5.41) is 14.6. The zero-order valence-corrected chi connectivity index (χ0v) is 14.2. The second-order valence-corrected chi connectivity index (χ2v) is 5.60. The fourth-order valence-corrected chi connectivity index (χ4v) is 2.12. The van der Waals surface area contributed by atoms with Crippen molar-refractivity contribution >= 4 is 11.4 Å². The number of hydrogen-bond donors (Lipinski definition) is 2. The molecule has 2 aromatic carbocycles. The summed E-state index contributed by atoms with van der Waals surface area (Å²) in [7, 11) is 0. The maximum Gasteiger partial charge on any atom is 0.433 e. The molecule has 0 saturated heterocycles. The lowest BCUT2D eigenvalue weighted by Crippen LogP contribution is -2.22. The first-order chi connectivity index (χ1) is 12.3. The van der Waals surface area contributed by atoms with Gasteiger partial charge in [0, 0.05) is 17.7 Å². The van der Waals surface area contributed by atoms with Gasteiger partial charge in [-0.25, -0.2) is 0 Å². The molecule has 2 rings (SSSR count). The molecule has 0 aromatic heterocycles. The molecular formula is C19H19F3N2O2. The van der Waals surface area contributed by atoms with E-state index in [1.165, 1.54) is 24.3 Å². The summed E-state index contributed by atoms with van der Waals surface area (Å²) in [5.74, 6) is 1.14. The van der Waals surface area contributed by atoms with Crippen LogP contribution in [0.15, 0.2) is 48.5 Å². The van der Waals surface area contributed by atoms with Crippen molar-refractivity contribution < 1.29 is 22.6 Å². The van der Waals surface area contributed by atoms with Gasteiger partial charge in [0.05, 0.1) is 13.2 Å². The molecular weight excluding hydrogens is 345 g/mol. The molecule has 0 radical (unpaired) electrons. The minimum Gasteiger partial charge on any atom is -0.493 e. The number of nitrogens with one attached hydrogen (secondary N) is 2. The SMILES string of the molecule is CC(=N)c1ccc(OCCCOc2ccc(C(=N)C(F)(F)F)cc2)cc1. The summed E-state index contributed by atoms with van der Waals surface area (Å²) >= 11 is 0. The van der Waals surface area contributed by atoms with Gasteiger partial charge < -0.3 is 14.9 Å². The van der Waals surface area contributed by atoms with Crippen LogP contribution in [0.5, 0.6) is 11.5 Å². The molecule has 2 N–H and O–H groups in total. The van der Waals surface area contributed by atoms with E-state index in [1.807, 2.05) is 12.1 Å². The molecule has 0 unspecified atom stereocenters. The summed E-state index contributed by atoms with van der Waals surface area (Å²) < 4.78 is 48.4.